The van der Waals surface area contributed by atoms with E-state index in [1.807, 2.05) is 5.38 Å². The number of carbonyl (C=O) groups is 2. The highest BCUT2D eigenvalue weighted by Gasteiger charge is 2.22. The minimum absolute atomic E-state index is 0.0273. The molecule has 1 unspecified atom stereocenters. The van der Waals surface area contributed by atoms with Crippen LogP contribution in [0.2, 0.25) is 0 Å². The fourth-order valence-electron chi connectivity index (χ4n) is 2.01. The van der Waals surface area contributed by atoms with Crippen molar-refractivity contribution in [2.75, 3.05) is 18.5 Å². The average molecular weight is 297 g/mol. The van der Waals surface area contributed by atoms with Crippen molar-refractivity contribution >= 4 is 28.3 Å². The van der Waals surface area contributed by atoms with Crippen molar-refractivity contribution in [2.24, 2.45) is 0 Å². The minimum Gasteiger partial charge on any atom is -0.466 e. The second kappa shape index (κ2) is 7.23. The van der Waals surface area contributed by atoms with E-state index in [-0.39, 0.29) is 17.9 Å². The molecule has 1 fully saturated rings. The smallest absolute Gasteiger partial charge is 0.306 e. The zero-order valence-electron chi connectivity index (χ0n) is 11.5. The van der Waals surface area contributed by atoms with Gasteiger partial charge in [-0.15, -0.1) is 11.3 Å². The highest BCUT2D eigenvalue weighted by Crippen LogP contribution is 2.19. The van der Waals surface area contributed by atoms with E-state index >= 15 is 0 Å². The summed E-state index contributed by atoms with van der Waals surface area (Å²) in [5.74, 6) is -0.179. The molecule has 1 aliphatic heterocycles. The summed E-state index contributed by atoms with van der Waals surface area (Å²) in [5.41, 5.74) is 0.849. The highest BCUT2D eigenvalue weighted by atomic mass is 32.1. The van der Waals surface area contributed by atoms with Crippen molar-refractivity contribution in [3.63, 3.8) is 0 Å². The van der Waals surface area contributed by atoms with E-state index in [0.717, 1.165) is 30.2 Å². The number of carbonyl (C=O) groups excluding carboxylic acids is 2. The molecule has 20 heavy (non-hydrogen) atoms. The quantitative estimate of drug-likeness (QED) is 0.774. The molecule has 1 atom stereocenters. The number of anilines is 1. The Kier molecular flexibility index (Phi) is 5.34. The normalized spacial score (nSPS) is 18.4. The van der Waals surface area contributed by atoms with Gasteiger partial charge in [-0.3, -0.25) is 9.59 Å². The van der Waals surface area contributed by atoms with Gasteiger partial charge in [-0.05, 0) is 19.8 Å². The van der Waals surface area contributed by atoms with E-state index in [4.69, 9.17) is 4.74 Å². The summed E-state index contributed by atoms with van der Waals surface area (Å²) >= 11 is 1.46. The molecule has 1 saturated heterocycles. The van der Waals surface area contributed by atoms with Crippen molar-refractivity contribution in [1.82, 2.24) is 10.3 Å². The molecule has 2 heterocycles. The summed E-state index contributed by atoms with van der Waals surface area (Å²) < 4.78 is 4.87. The lowest BCUT2D eigenvalue weighted by molar-refractivity contribution is -0.143. The number of aryl methyl sites for hydroxylation is 1. The van der Waals surface area contributed by atoms with Gasteiger partial charge in [-0.25, -0.2) is 4.98 Å². The number of esters is 1. The van der Waals surface area contributed by atoms with Crippen molar-refractivity contribution in [3.8, 4) is 0 Å². The second-order valence-electron chi connectivity index (χ2n) is 4.58. The van der Waals surface area contributed by atoms with E-state index in [2.05, 4.69) is 15.6 Å². The lowest BCUT2D eigenvalue weighted by Crippen LogP contribution is -2.44. The van der Waals surface area contributed by atoms with Gasteiger partial charge >= 0.3 is 5.97 Å². The zero-order valence-corrected chi connectivity index (χ0v) is 12.3. The molecule has 0 bridgehead atoms. The van der Waals surface area contributed by atoms with E-state index in [1.165, 1.54) is 11.3 Å². The lowest BCUT2D eigenvalue weighted by Gasteiger charge is -2.22. The Balaban J connectivity index is 1.82. The summed E-state index contributed by atoms with van der Waals surface area (Å²) in [7, 11) is 0. The molecule has 7 heteroatoms. The predicted octanol–water partition coefficient (Wildman–Crippen LogP) is 1.33. The number of hydrogen-bond donors (Lipinski definition) is 2. The number of ether oxygens (including phenoxy) is 1. The van der Waals surface area contributed by atoms with Crippen LogP contribution in [0.25, 0.3) is 0 Å². The van der Waals surface area contributed by atoms with Gasteiger partial charge in [0.25, 0.3) is 0 Å². The molecule has 0 saturated carbocycles. The molecule has 1 amide bonds. The van der Waals surface area contributed by atoms with Crippen molar-refractivity contribution in [2.45, 2.75) is 38.6 Å². The maximum atomic E-state index is 11.6. The molecular formula is C13H19N3O3S. The van der Waals surface area contributed by atoms with Crippen LogP contribution in [0.1, 0.15) is 31.9 Å². The summed E-state index contributed by atoms with van der Waals surface area (Å²) in [5, 5.41) is 8.60. The van der Waals surface area contributed by atoms with Gasteiger partial charge in [0.15, 0.2) is 5.13 Å². The monoisotopic (exact) mass is 297 g/mol. The van der Waals surface area contributed by atoms with Crippen LogP contribution in [0.5, 0.6) is 0 Å². The SMILES string of the molecule is CCOC(=O)CCc1csc(NC2CCCNC2=O)n1. The maximum Gasteiger partial charge on any atom is 0.306 e. The van der Waals surface area contributed by atoms with E-state index in [9.17, 15) is 9.59 Å². The van der Waals surface area contributed by atoms with E-state index < -0.39 is 0 Å². The van der Waals surface area contributed by atoms with Gasteiger partial charge in [-0.2, -0.15) is 0 Å². The zero-order chi connectivity index (χ0) is 14.4. The third-order valence-corrected chi connectivity index (χ3v) is 3.85. The second-order valence-corrected chi connectivity index (χ2v) is 5.44. The molecule has 0 radical (unpaired) electrons. The van der Waals surface area contributed by atoms with Gasteiger partial charge in [0.2, 0.25) is 5.91 Å². The molecule has 0 spiro atoms. The number of amides is 1. The van der Waals surface area contributed by atoms with Gasteiger partial charge in [0, 0.05) is 18.3 Å². The maximum absolute atomic E-state index is 11.6. The van der Waals surface area contributed by atoms with Gasteiger partial charge < -0.3 is 15.4 Å². The number of nitrogens with zero attached hydrogens (tertiary/aromatic N) is 1. The molecule has 2 N–H and O–H groups in total. The molecule has 110 valence electrons. The van der Waals surface area contributed by atoms with Crippen LogP contribution >= 0.6 is 11.3 Å². The molecule has 1 aliphatic rings. The standard InChI is InChI=1S/C13H19N3O3S/c1-2-19-11(17)6-5-9-8-20-13(15-9)16-10-4-3-7-14-12(10)18/h8,10H,2-7H2,1H3,(H,14,18)(H,15,16). The minimum atomic E-state index is -0.207. The van der Waals surface area contributed by atoms with Gasteiger partial charge in [0.05, 0.1) is 18.7 Å². The molecule has 2 rings (SSSR count). The number of hydrogen-bond acceptors (Lipinski definition) is 6. The Morgan fingerprint density at radius 2 is 2.50 bits per heavy atom. The first-order chi connectivity index (χ1) is 9.69. The molecule has 0 aliphatic carbocycles. The number of rotatable bonds is 6. The van der Waals surface area contributed by atoms with Crippen molar-refractivity contribution < 1.29 is 14.3 Å². The van der Waals surface area contributed by atoms with Crippen molar-refractivity contribution in [3.05, 3.63) is 11.1 Å². The Morgan fingerprint density at radius 3 is 3.25 bits per heavy atom. The Bertz CT molecular complexity index is 475. The number of piperidine rings is 1. The van der Waals surface area contributed by atoms with Crippen LogP contribution in [-0.4, -0.2) is 36.1 Å². The third kappa shape index (κ3) is 4.19. The van der Waals surface area contributed by atoms with Crippen LogP contribution in [0, 0.1) is 0 Å². The summed E-state index contributed by atoms with van der Waals surface area (Å²) in [6, 6.07) is -0.201. The largest absolute Gasteiger partial charge is 0.466 e. The first-order valence-corrected chi connectivity index (χ1v) is 7.71. The van der Waals surface area contributed by atoms with Crippen LogP contribution in [0.4, 0.5) is 5.13 Å². The summed E-state index contributed by atoms with van der Waals surface area (Å²) in [6.07, 6.45) is 2.70. The topological polar surface area (TPSA) is 80.3 Å². The van der Waals surface area contributed by atoms with Crippen LogP contribution in [-0.2, 0) is 20.7 Å². The Hall–Kier alpha value is -1.63. The lowest BCUT2D eigenvalue weighted by atomic mass is 10.1. The number of thiazole rings is 1. The molecule has 1 aromatic heterocycles. The molecule has 1 aromatic rings. The van der Waals surface area contributed by atoms with Crippen LogP contribution < -0.4 is 10.6 Å². The first-order valence-electron chi connectivity index (χ1n) is 6.83. The summed E-state index contributed by atoms with van der Waals surface area (Å²) in [6.45, 7) is 2.94. The van der Waals surface area contributed by atoms with Crippen LogP contribution in [0.3, 0.4) is 0 Å². The van der Waals surface area contributed by atoms with Gasteiger partial charge in [-0.1, -0.05) is 0 Å². The molecular weight excluding hydrogens is 278 g/mol. The molecule has 6 nitrogen and oxygen atoms in total. The average Bonchev–Trinajstić information content (AvgIpc) is 2.87. The number of aromatic nitrogens is 1. The fraction of sp³-hybridized carbons (Fsp3) is 0.615. The first kappa shape index (κ1) is 14.8. The fourth-order valence-corrected chi connectivity index (χ4v) is 2.81. The summed E-state index contributed by atoms with van der Waals surface area (Å²) in [4.78, 5) is 27.3. The predicted molar refractivity (Wildman–Crippen MR) is 76.7 cm³/mol. The Labute approximate surface area is 121 Å². The number of nitrogens with one attached hydrogen (secondary N) is 2. The Morgan fingerprint density at radius 1 is 1.65 bits per heavy atom. The van der Waals surface area contributed by atoms with Crippen molar-refractivity contribution in [1.29, 1.82) is 0 Å². The van der Waals surface area contributed by atoms with Gasteiger partial charge in [0.1, 0.15) is 6.04 Å². The highest BCUT2D eigenvalue weighted by molar-refractivity contribution is 7.13. The van der Waals surface area contributed by atoms with Crippen LogP contribution in [0.15, 0.2) is 5.38 Å². The third-order valence-electron chi connectivity index (χ3n) is 3.03. The van der Waals surface area contributed by atoms with E-state index in [1.54, 1.807) is 6.92 Å². The van der Waals surface area contributed by atoms with E-state index in [0.29, 0.717) is 19.4 Å². The molecule has 0 aromatic carbocycles.